The van der Waals surface area contributed by atoms with Gasteiger partial charge in [-0.25, -0.2) is 0 Å². The summed E-state index contributed by atoms with van der Waals surface area (Å²) in [6, 6.07) is 3.84. The molecule has 118 valence electrons. The molecule has 1 aliphatic heterocycles. The van der Waals surface area contributed by atoms with Crippen LogP contribution in [-0.4, -0.2) is 52.7 Å². The van der Waals surface area contributed by atoms with E-state index in [-0.39, 0.29) is 24.9 Å². The van der Waals surface area contributed by atoms with Gasteiger partial charge in [0.25, 0.3) is 5.91 Å². The van der Waals surface area contributed by atoms with Gasteiger partial charge >= 0.3 is 5.97 Å². The van der Waals surface area contributed by atoms with Crippen LogP contribution in [0.25, 0.3) is 10.2 Å². The summed E-state index contributed by atoms with van der Waals surface area (Å²) in [5.41, 5.74) is 0.527. The standard InChI is InChI=1S/C15H18N2O4S/c18-13(19)1-5-17(11-2-6-21-7-3-11)15(20)12-9-10-4-8-22-14(10)16-12/h4,8-9,11,16H,1-3,5-7H2,(H,18,19). The molecule has 1 fully saturated rings. The highest BCUT2D eigenvalue weighted by atomic mass is 32.1. The first kappa shape index (κ1) is 15.1. The van der Waals surface area contributed by atoms with Crippen molar-refractivity contribution in [1.29, 1.82) is 0 Å². The number of aliphatic carboxylic acids is 1. The number of ether oxygens (including phenoxy) is 1. The molecule has 7 heteroatoms. The topological polar surface area (TPSA) is 82.6 Å². The molecular formula is C15H18N2O4S. The van der Waals surface area contributed by atoms with Crippen molar-refractivity contribution in [3.63, 3.8) is 0 Å². The minimum absolute atomic E-state index is 0.0435. The molecule has 2 N–H and O–H groups in total. The van der Waals surface area contributed by atoms with E-state index in [1.54, 1.807) is 16.2 Å². The quantitative estimate of drug-likeness (QED) is 0.885. The summed E-state index contributed by atoms with van der Waals surface area (Å²) in [5, 5.41) is 11.9. The number of amides is 1. The Kier molecular flexibility index (Phi) is 4.44. The Bertz CT molecular complexity index is 643. The molecule has 0 bridgehead atoms. The third-order valence-corrected chi connectivity index (χ3v) is 4.78. The fraction of sp³-hybridized carbons (Fsp3) is 0.467. The number of carbonyl (C=O) groups is 2. The summed E-state index contributed by atoms with van der Waals surface area (Å²) >= 11 is 1.55. The van der Waals surface area contributed by atoms with E-state index < -0.39 is 5.97 Å². The van der Waals surface area contributed by atoms with Gasteiger partial charge in [0.2, 0.25) is 0 Å². The Hall–Kier alpha value is -1.86. The first-order chi connectivity index (χ1) is 10.6. The maximum absolute atomic E-state index is 12.8. The highest BCUT2D eigenvalue weighted by Gasteiger charge is 2.28. The molecule has 0 aliphatic carbocycles. The highest BCUT2D eigenvalue weighted by Crippen LogP contribution is 2.23. The number of carboxylic acids is 1. The van der Waals surface area contributed by atoms with Crippen molar-refractivity contribution < 1.29 is 19.4 Å². The van der Waals surface area contributed by atoms with Crippen molar-refractivity contribution in [1.82, 2.24) is 9.88 Å². The molecule has 1 saturated heterocycles. The molecule has 0 radical (unpaired) electrons. The number of nitrogens with zero attached hydrogens (tertiary/aromatic N) is 1. The molecular weight excluding hydrogens is 304 g/mol. The molecule has 0 unspecified atom stereocenters. The van der Waals surface area contributed by atoms with Crippen molar-refractivity contribution in [3.8, 4) is 0 Å². The fourth-order valence-electron chi connectivity index (χ4n) is 2.78. The van der Waals surface area contributed by atoms with Gasteiger partial charge in [0.05, 0.1) is 6.42 Å². The van der Waals surface area contributed by atoms with E-state index >= 15 is 0 Å². The van der Waals surface area contributed by atoms with Gasteiger partial charge in [-0.2, -0.15) is 0 Å². The zero-order valence-electron chi connectivity index (χ0n) is 12.1. The SMILES string of the molecule is O=C(O)CCN(C(=O)c1cc2ccsc2[nH]1)C1CCOCC1. The van der Waals surface area contributed by atoms with Crippen LogP contribution in [0.1, 0.15) is 29.8 Å². The second-order valence-electron chi connectivity index (χ2n) is 5.37. The van der Waals surface area contributed by atoms with E-state index in [0.29, 0.717) is 18.9 Å². The van der Waals surface area contributed by atoms with Crippen LogP contribution in [0.4, 0.5) is 0 Å². The van der Waals surface area contributed by atoms with Crippen LogP contribution in [0.3, 0.4) is 0 Å². The largest absolute Gasteiger partial charge is 0.481 e. The second-order valence-corrected chi connectivity index (χ2v) is 6.29. The van der Waals surface area contributed by atoms with Gasteiger partial charge < -0.3 is 19.7 Å². The summed E-state index contributed by atoms with van der Waals surface area (Å²) in [6.45, 7) is 1.45. The van der Waals surface area contributed by atoms with Gasteiger partial charge in [0.15, 0.2) is 0 Å². The Balaban J connectivity index is 1.80. The lowest BCUT2D eigenvalue weighted by Gasteiger charge is -2.33. The average molecular weight is 322 g/mol. The summed E-state index contributed by atoms with van der Waals surface area (Å²) < 4.78 is 5.34. The van der Waals surface area contributed by atoms with Crippen LogP contribution in [0.15, 0.2) is 17.5 Å². The van der Waals surface area contributed by atoms with Gasteiger partial charge in [-0.3, -0.25) is 9.59 Å². The highest BCUT2D eigenvalue weighted by molar-refractivity contribution is 7.16. The molecule has 6 nitrogen and oxygen atoms in total. The van der Waals surface area contributed by atoms with Crippen molar-refractivity contribution in [2.45, 2.75) is 25.3 Å². The number of nitrogens with one attached hydrogen (secondary N) is 1. The monoisotopic (exact) mass is 322 g/mol. The van der Waals surface area contributed by atoms with E-state index in [0.717, 1.165) is 23.1 Å². The predicted octanol–water partition coefficient (Wildman–Crippen LogP) is 2.33. The van der Waals surface area contributed by atoms with Crippen molar-refractivity contribution in [3.05, 3.63) is 23.2 Å². The van der Waals surface area contributed by atoms with Crippen molar-refractivity contribution in [2.24, 2.45) is 0 Å². The number of H-pyrrole nitrogens is 1. The van der Waals surface area contributed by atoms with E-state index in [1.807, 2.05) is 17.5 Å². The normalized spacial score (nSPS) is 16.0. The molecule has 0 atom stereocenters. The van der Waals surface area contributed by atoms with Crippen LogP contribution in [0.2, 0.25) is 0 Å². The maximum atomic E-state index is 12.8. The van der Waals surface area contributed by atoms with Gasteiger partial charge in [-0.15, -0.1) is 11.3 Å². The lowest BCUT2D eigenvalue weighted by Crippen LogP contribution is -2.44. The molecule has 22 heavy (non-hydrogen) atoms. The van der Waals surface area contributed by atoms with Gasteiger partial charge in [-0.1, -0.05) is 0 Å². The second kappa shape index (κ2) is 6.50. The zero-order valence-corrected chi connectivity index (χ0v) is 12.9. The molecule has 1 amide bonds. The number of hydrogen-bond acceptors (Lipinski definition) is 4. The lowest BCUT2D eigenvalue weighted by atomic mass is 10.1. The number of carbonyl (C=O) groups excluding carboxylic acids is 1. The number of rotatable bonds is 5. The van der Waals surface area contributed by atoms with Crippen LogP contribution in [0.5, 0.6) is 0 Å². The number of fused-ring (bicyclic) bond motifs is 1. The Labute approximate surface area is 131 Å². The van der Waals surface area contributed by atoms with Crippen LogP contribution in [-0.2, 0) is 9.53 Å². The molecule has 3 rings (SSSR count). The molecule has 3 heterocycles. The lowest BCUT2D eigenvalue weighted by molar-refractivity contribution is -0.137. The third-order valence-electron chi connectivity index (χ3n) is 3.93. The molecule has 2 aromatic heterocycles. The maximum Gasteiger partial charge on any atom is 0.305 e. The minimum Gasteiger partial charge on any atom is -0.481 e. The van der Waals surface area contributed by atoms with Gasteiger partial charge in [0.1, 0.15) is 10.5 Å². The molecule has 1 aliphatic rings. The Morgan fingerprint density at radius 1 is 1.41 bits per heavy atom. The van der Waals surface area contributed by atoms with Crippen molar-refractivity contribution >= 4 is 33.4 Å². The number of thiophene rings is 1. The number of aromatic nitrogens is 1. The van der Waals surface area contributed by atoms with Crippen LogP contribution in [0, 0.1) is 0 Å². The van der Waals surface area contributed by atoms with E-state index in [9.17, 15) is 9.59 Å². The Morgan fingerprint density at radius 3 is 2.86 bits per heavy atom. The fourth-order valence-corrected chi connectivity index (χ4v) is 3.56. The number of hydrogen-bond donors (Lipinski definition) is 2. The first-order valence-corrected chi connectivity index (χ1v) is 8.20. The number of aromatic amines is 1. The summed E-state index contributed by atoms with van der Waals surface area (Å²) in [6.07, 6.45) is 1.46. The first-order valence-electron chi connectivity index (χ1n) is 7.32. The molecule has 2 aromatic rings. The van der Waals surface area contributed by atoms with Gasteiger partial charge in [0, 0.05) is 31.2 Å². The smallest absolute Gasteiger partial charge is 0.305 e. The summed E-state index contributed by atoms with van der Waals surface area (Å²) in [4.78, 5) is 29.5. The third kappa shape index (κ3) is 3.15. The Morgan fingerprint density at radius 2 is 2.18 bits per heavy atom. The molecule has 0 aromatic carbocycles. The van der Waals surface area contributed by atoms with E-state index in [4.69, 9.17) is 9.84 Å². The van der Waals surface area contributed by atoms with Crippen LogP contribution >= 0.6 is 11.3 Å². The van der Waals surface area contributed by atoms with Gasteiger partial charge in [-0.05, 0) is 30.4 Å². The molecule has 0 saturated carbocycles. The van der Waals surface area contributed by atoms with E-state index in [2.05, 4.69) is 4.98 Å². The number of carboxylic acid groups (broad SMARTS) is 1. The predicted molar refractivity (Wildman–Crippen MR) is 83.3 cm³/mol. The van der Waals surface area contributed by atoms with E-state index in [1.165, 1.54) is 0 Å². The average Bonchev–Trinajstić information content (AvgIpc) is 3.09. The zero-order chi connectivity index (χ0) is 15.5. The minimum atomic E-state index is -0.891. The summed E-state index contributed by atoms with van der Waals surface area (Å²) in [5.74, 6) is -1.02. The summed E-state index contributed by atoms with van der Waals surface area (Å²) in [7, 11) is 0. The van der Waals surface area contributed by atoms with Crippen LogP contribution < -0.4 is 0 Å². The molecule has 0 spiro atoms. The van der Waals surface area contributed by atoms with Crippen molar-refractivity contribution in [2.75, 3.05) is 19.8 Å².